The third-order valence-corrected chi connectivity index (χ3v) is 6.18. The van der Waals surface area contributed by atoms with Crippen molar-refractivity contribution in [2.75, 3.05) is 18.4 Å². The Labute approximate surface area is 199 Å². The van der Waals surface area contributed by atoms with Crippen molar-refractivity contribution in [3.05, 3.63) is 71.9 Å². The number of carbonyl (C=O) groups is 1. The van der Waals surface area contributed by atoms with E-state index < -0.39 is 11.6 Å². The molecule has 1 unspecified atom stereocenters. The van der Waals surface area contributed by atoms with Crippen LogP contribution in [0, 0.1) is 17.5 Å². The average Bonchev–Trinajstić information content (AvgIpc) is 3.25. The van der Waals surface area contributed by atoms with E-state index in [1.165, 1.54) is 18.3 Å². The molecule has 5 rings (SSSR count). The van der Waals surface area contributed by atoms with Crippen molar-refractivity contribution in [3.63, 3.8) is 0 Å². The van der Waals surface area contributed by atoms with Gasteiger partial charge in [-0.1, -0.05) is 12.1 Å². The number of aromatic nitrogens is 4. The summed E-state index contributed by atoms with van der Waals surface area (Å²) in [7, 11) is 1.74. The molecule has 1 aliphatic heterocycles. The molecule has 1 N–H and O–H groups in total. The molecule has 35 heavy (non-hydrogen) atoms. The molecule has 1 aliphatic rings. The Morgan fingerprint density at radius 1 is 1.09 bits per heavy atom. The van der Waals surface area contributed by atoms with Crippen molar-refractivity contribution in [2.45, 2.75) is 25.3 Å². The summed E-state index contributed by atoms with van der Waals surface area (Å²) >= 11 is 0. The Morgan fingerprint density at radius 2 is 1.83 bits per heavy atom. The van der Waals surface area contributed by atoms with E-state index in [1.54, 1.807) is 35.0 Å². The van der Waals surface area contributed by atoms with Crippen molar-refractivity contribution >= 4 is 22.8 Å². The summed E-state index contributed by atoms with van der Waals surface area (Å²) in [5, 5.41) is 7.59. The average molecular weight is 480 g/mol. The summed E-state index contributed by atoms with van der Waals surface area (Å²) in [4.78, 5) is 23.9. The van der Waals surface area contributed by atoms with Crippen LogP contribution < -0.4 is 5.32 Å². The maximum absolute atomic E-state index is 13.6. The van der Waals surface area contributed by atoms with Gasteiger partial charge in [-0.05, 0) is 37.0 Å². The van der Waals surface area contributed by atoms with E-state index in [4.69, 9.17) is 0 Å². The van der Waals surface area contributed by atoms with Crippen LogP contribution in [0.3, 0.4) is 0 Å². The number of nitrogens with one attached hydrogen (secondary N) is 1. The second-order valence-corrected chi connectivity index (χ2v) is 8.61. The first-order chi connectivity index (χ1) is 16.9. The number of fused-ring (bicyclic) bond motifs is 1. The largest absolute Gasteiger partial charge is 0.367 e. The molecule has 1 amide bonds. The predicted octanol–water partition coefficient (Wildman–Crippen LogP) is 4.55. The molecule has 2 aromatic heterocycles. The van der Waals surface area contributed by atoms with E-state index >= 15 is 0 Å². The zero-order chi connectivity index (χ0) is 24.5. The van der Waals surface area contributed by atoms with Gasteiger partial charge in [-0.2, -0.15) is 5.10 Å². The van der Waals surface area contributed by atoms with Crippen molar-refractivity contribution in [3.8, 4) is 11.1 Å². The molecule has 3 heterocycles. The summed E-state index contributed by atoms with van der Waals surface area (Å²) in [5.41, 5.74) is 2.17. The van der Waals surface area contributed by atoms with E-state index in [0.717, 1.165) is 31.4 Å². The minimum absolute atomic E-state index is 0.123. The molecule has 0 aliphatic carbocycles. The van der Waals surface area contributed by atoms with Gasteiger partial charge in [0, 0.05) is 50.1 Å². The highest BCUT2D eigenvalue weighted by atomic mass is 19.2. The lowest BCUT2D eigenvalue weighted by molar-refractivity contribution is 0.0622. The number of nitrogens with zero attached hydrogens (tertiary/aromatic N) is 5. The second-order valence-electron chi connectivity index (χ2n) is 8.61. The number of rotatable bonds is 5. The Bertz CT molecular complexity index is 1390. The summed E-state index contributed by atoms with van der Waals surface area (Å²) in [6.45, 7) is 0.993. The molecule has 0 spiro atoms. The molecule has 0 radical (unpaired) electrons. The third kappa shape index (κ3) is 4.68. The van der Waals surface area contributed by atoms with E-state index in [-0.39, 0.29) is 28.8 Å². The van der Waals surface area contributed by atoms with Crippen LogP contribution >= 0.6 is 0 Å². The normalized spacial score (nSPS) is 16.0. The highest BCUT2D eigenvalue weighted by Crippen LogP contribution is 2.27. The predicted molar refractivity (Wildman–Crippen MR) is 125 cm³/mol. The Hall–Kier alpha value is -3.95. The highest BCUT2D eigenvalue weighted by Gasteiger charge is 2.30. The van der Waals surface area contributed by atoms with Gasteiger partial charge in [0.15, 0.2) is 17.3 Å². The number of piperidine rings is 1. The number of likely N-dealkylation sites (tertiary alicyclic amines) is 1. The first-order valence-electron chi connectivity index (χ1n) is 11.4. The quantitative estimate of drug-likeness (QED) is 0.454. The van der Waals surface area contributed by atoms with Crippen LogP contribution in [-0.2, 0) is 7.05 Å². The number of hydrogen-bond donors (Lipinski definition) is 1. The van der Waals surface area contributed by atoms with E-state index in [0.29, 0.717) is 35.7 Å². The standard InChI is InChI=1S/C25H23F3N6O/c1-33-14-18(15-5-7-16(26)8-6-15)24(32-33)25(35)34-9-3-2-4-17(34)12-30-23-13-29-21-10-19(27)20(28)11-22(21)31-23/h5-8,10-11,13-14,17H,2-4,9,12H2,1H3,(H,30,31). The van der Waals surface area contributed by atoms with Gasteiger partial charge in [0.05, 0.1) is 17.2 Å². The minimum atomic E-state index is -0.986. The monoisotopic (exact) mass is 480 g/mol. The maximum Gasteiger partial charge on any atom is 0.275 e. The third-order valence-electron chi connectivity index (χ3n) is 6.18. The van der Waals surface area contributed by atoms with Gasteiger partial charge in [-0.3, -0.25) is 14.5 Å². The zero-order valence-electron chi connectivity index (χ0n) is 19.0. The van der Waals surface area contributed by atoms with Crippen LogP contribution in [0.15, 0.2) is 48.8 Å². The molecule has 0 saturated carbocycles. The van der Waals surface area contributed by atoms with Gasteiger partial charge < -0.3 is 10.2 Å². The number of amides is 1. The smallest absolute Gasteiger partial charge is 0.275 e. The second kappa shape index (κ2) is 9.36. The molecule has 1 saturated heterocycles. The highest BCUT2D eigenvalue weighted by molar-refractivity contribution is 5.99. The summed E-state index contributed by atoms with van der Waals surface area (Å²) < 4.78 is 42.0. The Balaban J connectivity index is 1.36. The SMILES string of the molecule is Cn1cc(-c2ccc(F)cc2)c(C(=O)N2CCCCC2CNc2cnc3cc(F)c(F)cc3n2)n1. The fourth-order valence-electron chi connectivity index (χ4n) is 4.42. The fraction of sp³-hybridized carbons (Fsp3) is 0.280. The van der Waals surface area contributed by atoms with Crippen LogP contribution in [0.5, 0.6) is 0 Å². The maximum atomic E-state index is 13.6. The summed E-state index contributed by atoms with van der Waals surface area (Å²) in [6.07, 6.45) is 5.85. The van der Waals surface area contributed by atoms with Crippen LogP contribution in [0.25, 0.3) is 22.2 Å². The van der Waals surface area contributed by atoms with Crippen LogP contribution in [0.4, 0.5) is 19.0 Å². The number of benzene rings is 2. The van der Waals surface area contributed by atoms with E-state index in [1.807, 2.05) is 0 Å². The molecule has 1 fully saturated rings. The molecular weight excluding hydrogens is 457 g/mol. The minimum Gasteiger partial charge on any atom is -0.367 e. The first kappa shape index (κ1) is 22.8. The number of hydrogen-bond acceptors (Lipinski definition) is 5. The van der Waals surface area contributed by atoms with E-state index in [9.17, 15) is 18.0 Å². The summed E-state index contributed by atoms with van der Waals surface area (Å²) in [5.74, 6) is -2.10. The molecular formula is C25H23F3N6O. The van der Waals surface area contributed by atoms with Crippen molar-refractivity contribution in [2.24, 2.45) is 7.05 Å². The first-order valence-corrected chi connectivity index (χ1v) is 11.4. The van der Waals surface area contributed by atoms with Gasteiger partial charge >= 0.3 is 0 Å². The van der Waals surface area contributed by atoms with Gasteiger partial charge in [-0.25, -0.2) is 18.2 Å². The molecule has 0 bridgehead atoms. The molecule has 2 aromatic carbocycles. The van der Waals surface area contributed by atoms with Crippen LogP contribution in [-0.4, -0.2) is 49.7 Å². The zero-order valence-corrected chi connectivity index (χ0v) is 19.0. The Kier molecular flexibility index (Phi) is 6.10. The van der Waals surface area contributed by atoms with Gasteiger partial charge in [-0.15, -0.1) is 0 Å². The lowest BCUT2D eigenvalue weighted by Gasteiger charge is -2.35. The lowest BCUT2D eigenvalue weighted by Crippen LogP contribution is -2.47. The lowest BCUT2D eigenvalue weighted by atomic mass is 10.00. The van der Waals surface area contributed by atoms with Gasteiger partial charge in [0.25, 0.3) is 5.91 Å². The number of halogens is 3. The molecule has 180 valence electrons. The van der Waals surface area contributed by atoms with Gasteiger partial charge in [0.2, 0.25) is 0 Å². The number of aryl methyl sites for hydroxylation is 1. The molecule has 4 aromatic rings. The van der Waals surface area contributed by atoms with Crippen molar-refractivity contribution in [1.82, 2.24) is 24.6 Å². The number of anilines is 1. The molecule has 7 nitrogen and oxygen atoms in total. The van der Waals surface area contributed by atoms with Crippen LogP contribution in [0.2, 0.25) is 0 Å². The molecule has 1 atom stereocenters. The van der Waals surface area contributed by atoms with Crippen molar-refractivity contribution < 1.29 is 18.0 Å². The number of carbonyl (C=O) groups excluding carboxylic acids is 1. The fourth-order valence-corrected chi connectivity index (χ4v) is 4.42. The van der Waals surface area contributed by atoms with E-state index in [2.05, 4.69) is 20.4 Å². The van der Waals surface area contributed by atoms with Gasteiger partial charge in [0.1, 0.15) is 11.6 Å². The van der Waals surface area contributed by atoms with Crippen molar-refractivity contribution in [1.29, 1.82) is 0 Å². The summed E-state index contributed by atoms with van der Waals surface area (Å²) in [6, 6.07) is 7.87. The van der Waals surface area contributed by atoms with Crippen LogP contribution in [0.1, 0.15) is 29.8 Å². The Morgan fingerprint density at radius 3 is 2.60 bits per heavy atom. The topological polar surface area (TPSA) is 75.9 Å². The molecule has 10 heteroatoms.